The largest absolute Gasteiger partial charge is 0.486 e. The van der Waals surface area contributed by atoms with E-state index in [2.05, 4.69) is 9.97 Å². The molecule has 26 heavy (non-hydrogen) atoms. The van der Waals surface area contributed by atoms with Gasteiger partial charge in [0.1, 0.15) is 18.9 Å². The number of hydrogen-bond acceptors (Lipinski definition) is 6. The topological polar surface area (TPSA) is 102 Å². The molecule has 1 aromatic carbocycles. The lowest BCUT2D eigenvalue weighted by molar-refractivity contribution is 0.0683. The molecule has 0 radical (unpaired) electrons. The van der Waals surface area contributed by atoms with Crippen molar-refractivity contribution in [3.8, 4) is 11.5 Å². The molecule has 2 aliphatic rings. The third kappa shape index (κ3) is 2.94. The summed E-state index contributed by atoms with van der Waals surface area (Å²) in [4.78, 5) is 33.2. The van der Waals surface area contributed by atoms with Gasteiger partial charge in [-0.1, -0.05) is 6.07 Å². The van der Waals surface area contributed by atoms with Crippen LogP contribution < -0.4 is 9.47 Å². The van der Waals surface area contributed by atoms with E-state index < -0.39 is 5.97 Å². The molecular weight excluding hydrogens is 338 g/mol. The van der Waals surface area contributed by atoms with Crippen molar-refractivity contribution in [2.75, 3.05) is 19.8 Å². The van der Waals surface area contributed by atoms with Gasteiger partial charge in [0.25, 0.3) is 5.91 Å². The Bertz CT molecular complexity index is 852. The van der Waals surface area contributed by atoms with Gasteiger partial charge in [-0.25, -0.2) is 14.8 Å². The summed E-state index contributed by atoms with van der Waals surface area (Å²) in [7, 11) is 0. The van der Waals surface area contributed by atoms with Crippen LogP contribution in [-0.2, 0) is 0 Å². The molecule has 0 aliphatic carbocycles. The minimum atomic E-state index is -1.17. The van der Waals surface area contributed by atoms with Gasteiger partial charge >= 0.3 is 5.97 Å². The average molecular weight is 355 g/mol. The number of amides is 1. The number of nitrogens with zero attached hydrogens (tertiary/aromatic N) is 3. The molecule has 1 atom stereocenters. The van der Waals surface area contributed by atoms with Gasteiger partial charge in [0.05, 0.1) is 18.4 Å². The Kier molecular flexibility index (Phi) is 4.16. The molecule has 4 rings (SSSR count). The van der Waals surface area contributed by atoms with Gasteiger partial charge in [-0.2, -0.15) is 0 Å². The zero-order valence-electron chi connectivity index (χ0n) is 13.9. The van der Waals surface area contributed by atoms with Crippen LogP contribution >= 0.6 is 0 Å². The predicted molar refractivity (Wildman–Crippen MR) is 89.4 cm³/mol. The summed E-state index contributed by atoms with van der Waals surface area (Å²) in [6.07, 6.45) is 4.03. The Morgan fingerprint density at radius 3 is 2.54 bits per heavy atom. The third-order valence-electron chi connectivity index (χ3n) is 4.55. The molecule has 1 aromatic heterocycles. The van der Waals surface area contributed by atoms with Crippen LogP contribution in [0.15, 0.2) is 30.6 Å². The van der Waals surface area contributed by atoms with Crippen LogP contribution in [0, 0.1) is 0 Å². The van der Waals surface area contributed by atoms with Crippen molar-refractivity contribution in [3.63, 3.8) is 0 Å². The number of carbonyl (C=O) groups is 2. The lowest BCUT2D eigenvalue weighted by atomic mass is 10.0. The number of carboxylic acids is 1. The van der Waals surface area contributed by atoms with E-state index >= 15 is 0 Å². The van der Waals surface area contributed by atoms with Crippen molar-refractivity contribution in [2.24, 2.45) is 0 Å². The first-order valence-corrected chi connectivity index (χ1v) is 8.39. The van der Waals surface area contributed by atoms with Crippen molar-refractivity contribution in [2.45, 2.75) is 18.9 Å². The van der Waals surface area contributed by atoms with Gasteiger partial charge in [0.15, 0.2) is 17.2 Å². The molecule has 3 heterocycles. The first-order chi connectivity index (χ1) is 12.6. The fourth-order valence-corrected chi connectivity index (χ4v) is 3.32. The summed E-state index contributed by atoms with van der Waals surface area (Å²) >= 11 is 0. The van der Waals surface area contributed by atoms with E-state index in [4.69, 9.17) is 14.6 Å². The van der Waals surface area contributed by atoms with Crippen LogP contribution in [0.4, 0.5) is 0 Å². The Labute approximate surface area is 149 Å². The van der Waals surface area contributed by atoms with Gasteiger partial charge in [0, 0.05) is 6.54 Å². The quantitative estimate of drug-likeness (QED) is 0.897. The second-order valence-corrected chi connectivity index (χ2v) is 6.15. The molecular formula is C18H17N3O5. The maximum absolute atomic E-state index is 12.8. The maximum Gasteiger partial charge on any atom is 0.356 e. The van der Waals surface area contributed by atoms with Crippen molar-refractivity contribution < 1.29 is 24.2 Å². The summed E-state index contributed by atoms with van der Waals surface area (Å²) in [6.45, 7) is 1.65. The molecule has 1 amide bonds. The maximum atomic E-state index is 12.8. The zero-order valence-corrected chi connectivity index (χ0v) is 13.9. The lowest BCUT2D eigenvalue weighted by Gasteiger charge is -2.26. The van der Waals surface area contributed by atoms with Gasteiger partial charge in [-0.3, -0.25) is 4.79 Å². The van der Waals surface area contributed by atoms with Crippen LogP contribution in [0.2, 0.25) is 0 Å². The standard InChI is InChI=1S/C18H17N3O5/c22-17(12-9-20-13(10-19-12)18(23)24)21-5-1-2-14(21)11-3-4-15-16(8-11)26-7-6-25-15/h3-4,8-10,14H,1-2,5-7H2,(H,23,24). The smallest absolute Gasteiger partial charge is 0.356 e. The Hall–Kier alpha value is -3.16. The van der Waals surface area contributed by atoms with Gasteiger partial charge in [-0.05, 0) is 30.5 Å². The van der Waals surface area contributed by atoms with Crippen molar-refractivity contribution in [3.05, 3.63) is 47.5 Å². The highest BCUT2D eigenvalue weighted by molar-refractivity contribution is 5.93. The highest BCUT2D eigenvalue weighted by Crippen LogP contribution is 2.38. The molecule has 8 heteroatoms. The predicted octanol–water partition coefficient (Wildman–Crippen LogP) is 1.92. The molecule has 0 spiro atoms. The summed E-state index contributed by atoms with van der Waals surface area (Å²) in [6, 6.07) is 5.65. The van der Waals surface area contributed by atoms with Gasteiger partial charge in [-0.15, -0.1) is 0 Å². The molecule has 0 saturated carbocycles. The molecule has 8 nitrogen and oxygen atoms in total. The molecule has 1 saturated heterocycles. The number of carbonyl (C=O) groups excluding carboxylic acids is 1. The molecule has 134 valence electrons. The van der Waals surface area contributed by atoms with Crippen LogP contribution in [0.5, 0.6) is 11.5 Å². The van der Waals surface area contributed by atoms with Crippen LogP contribution in [-0.4, -0.2) is 51.6 Å². The molecule has 2 aromatic rings. The van der Waals surface area contributed by atoms with E-state index in [1.165, 1.54) is 6.20 Å². The van der Waals surface area contributed by atoms with Crippen LogP contribution in [0.25, 0.3) is 0 Å². The average Bonchev–Trinajstić information content (AvgIpc) is 3.17. The minimum Gasteiger partial charge on any atom is -0.486 e. The van der Waals surface area contributed by atoms with E-state index in [9.17, 15) is 9.59 Å². The first kappa shape index (κ1) is 16.3. The van der Waals surface area contributed by atoms with Crippen LogP contribution in [0.3, 0.4) is 0 Å². The SMILES string of the molecule is O=C(O)c1cnc(C(=O)N2CCCC2c2ccc3c(c2)OCCO3)cn1. The number of ether oxygens (including phenoxy) is 2. The number of likely N-dealkylation sites (tertiary alicyclic amines) is 1. The number of hydrogen-bond donors (Lipinski definition) is 1. The second-order valence-electron chi connectivity index (χ2n) is 6.15. The van der Waals surface area contributed by atoms with E-state index in [1.807, 2.05) is 18.2 Å². The zero-order chi connectivity index (χ0) is 18.1. The number of fused-ring (bicyclic) bond motifs is 1. The number of aromatic nitrogens is 2. The van der Waals surface area contributed by atoms with E-state index in [0.717, 1.165) is 24.6 Å². The van der Waals surface area contributed by atoms with Crippen molar-refractivity contribution in [1.29, 1.82) is 0 Å². The summed E-state index contributed by atoms with van der Waals surface area (Å²) in [5.74, 6) is -0.0247. The highest BCUT2D eigenvalue weighted by atomic mass is 16.6. The second kappa shape index (κ2) is 6.62. The van der Waals surface area contributed by atoms with Crippen molar-refractivity contribution >= 4 is 11.9 Å². The Balaban J connectivity index is 1.58. The molecule has 2 aliphatic heterocycles. The van der Waals surface area contributed by atoms with Crippen LogP contribution in [0.1, 0.15) is 45.4 Å². The molecule has 1 N–H and O–H groups in total. The van der Waals surface area contributed by atoms with E-state index in [-0.39, 0.29) is 23.3 Å². The third-order valence-corrected chi connectivity index (χ3v) is 4.55. The Morgan fingerprint density at radius 1 is 1.08 bits per heavy atom. The fourth-order valence-electron chi connectivity index (χ4n) is 3.32. The summed E-state index contributed by atoms with van der Waals surface area (Å²) in [5, 5.41) is 8.89. The summed E-state index contributed by atoms with van der Waals surface area (Å²) < 4.78 is 11.2. The lowest BCUT2D eigenvalue weighted by Crippen LogP contribution is -2.31. The monoisotopic (exact) mass is 355 g/mol. The number of benzene rings is 1. The first-order valence-electron chi connectivity index (χ1n) is 8.39. The molecule has 0 bridgehead atoms. The van der Waals surface area contributed by atoms with E-state index in [0.29, 0.717) is 31.3 Å². The number of rotatable bonds is 3. The molecule has 1 unspecified atom stereocenters. The highest BCUT2D eigenvalue weighted by Gasteiger charge is 2.32. The Morgan fingerprint density at radius 2 is 1.81 bits per heavy atom. The fraction of sp³-hybridized carbons (Fsp3) is 0.333. The molecule has 1 fully saturated rings. The normalized spacial score (nSPS) is 18.6. The number of aromatic carboxylic acids is 1. The van der Waals surface area contributed by atoms with Gasteiger partial charge < -0.3 is 19.5 Å². The number of carboxylic acid groups (broad SMARTS) is 1. The minimum absolute atomic E-state index is 0.0840. The van der Waals surface area contributed by atoms with E-state index in [1.54, 1.807) is 4.90 Å². The summed E-state index contributed by atoms with van der Waals surface area (Å²) in [5.41, 5.74) is 0.931. The van der Waals surface area contributed by atoms with Crippen molar-refractivity contribution in [1.82, 2.24) is 14.9 Å². The van der Waals surface area contributed by atoms with Gasteiger partial charge in [0.2, 0.25) is 0 Å².